The highest BCUT2D eigenvalue weighted by molar-refractivity contribution is 5.84. The summed E-state index contributed by atoms with van der Waals surface area (Å²) in [7, 11) is 0. The first kappa shape index (κ1) is 35.1. The lowest BCUT2D eigenvalue weighted by atomic mass is 9.73. The van der Waals surface area contributed by atoms with Crippen molar-refractivity contribution in [1.82, 2.24) is 4.57 Å². The minimum Gasteiger partial charge on any atom is -0.317 e. The van der Waals surface area contributed by atoms with E-state index in [4.69, 9.17) is 0 Å². The molecule has 0 aliphatic heterocycles. The van der Waals surface area contributed by atoms with Gasteiger partial charge in [-0.3, -0.25) is 0 Å². The summed E-state index contributed by atoms with van der Waals surface area (Å²) in [5, 5.41) is 0. The molecule has 0 N–H and O–H groups in total. The molecule has 0 saturated heterocycles. The van der Waals surface area contributed by atoms with Crippen LogP contribution in [0, 0.1) is 11.8 Å². The summed E-state index contributed by atoms with van der Waals surface area (Å²) in [5.41, 5.74) is 19.1. The zero-order valence-electron chi connectivity index (χ0n) is 33.2. The lowest BCUT2D eigenvalue weighted by molar-refractivity contribution is 0.487. The van der Waals surface area contributed by atoms with Crippen LogP contribution in [-0.4, -0.2) is 4.57 Å². The second kappa shape index (κ2) is 15.0. The topological polar surface area (TPSA) is 8.17 Å². The maximum Gasteiger partial charge on any atom is 0.0491 e. The van der Waals surface area contributed by atoms with E-state index in [0.717, 1.165) is 29.9 Å². The van der Waals surface area contributed by atoms with Gasteiger partial charge in [-0.1, -0.05) is 134 Å². The Bertz CT molecular complexity index is 2600. The predicted molar refractivity (Wildman–Crippen MR) is 244 cm³/mol. The van der Waals surface area contributed by atoms with E-state index in [2.05, 4.69) is 192 Å². The smallest absolute Gasteiger partial charge is 0.0491 e. The zero-order valence-corrected chi connectivity index (χ0v) is 33.2. The van der Waals surface area contributed by atoms with Crippen LogP contribution in [0.15, 0.2) is 182 Å². The van der Waals surface area contributed by atoms with Gasteiger partial charge in [-0.05, 0) is 156 Å². The normalized spacial score (nSPS) is 22.6. The summed E-state index contributed by atoms with van der Waals surface area (Å²) < 4.78 is 2.72. The van der Waals surface area contributed by atoms with E-state index < -0.39 is 0 Å². The van der Waals surface area contributed by atoms with Crippen LogP contribution in [0.4, 0.5) is 17.1 Å². The second-order valence-corrected chi connectivity index (χ2v) is 16.9. The number of anilines is 3. The van der Waals surface area contributed by atoms with E-state index in [1.54, 1.807) is 16.8 Å². The molecule has 0 spiro atoms. The molecule has 0 saturated carbocycles. The van der Waals surface area contributed by atoms with Crippen LogP contribution in [0.25, 0.3) is 28.5 Å². The average molecular weight is 751 g/mol. The Morgan fingerprint density at radius 1 is 0.552 bits per heavy atom. The zero-order chi connectivity index (χ0) is 38.4. The third kappa shape index (κ3) is 6.18. The van der Waals surface area contributed by atoms with Crippen LogP contribution >= 0.6 is 0 Å². The highest BCUT2D eigenvalue weighted by Gasteiger charge is 2.36. The molecule has 6 aliphatic carbocycles. The van der Waals surface area contributed by atoms with E-state index in [0.29, 0.717) is 23.7 Å². The van der Waals surface area contributed by atoms with Gasteiger partial charge in [0.05, 0.1) is 0 Å². The van der Waals surface area contributed by atoms with Crippen molar-refractivity contribution in [1.29, 1.82) is 0 Å². The molecule has 284 valence electrons. The van der Waals surface area contributed by atoms with Crippen molar-refractivity contribution in [2.24, 2.45) is 11.8 Å². The molecule has 0 radical (unpaired) electrons. The number of nitrogens with zero attached hydrogens (tertiary/aromatic N) is 2. The summed E-state index contributed by atoms with van der Waals surface area (Å²) in [6.07, 6.45) is 40.0. The molecular formula is C56H50N2. The van der Waals surface area contributed by atoms with Crippen LogP contribution in [0.1, 0.15) is 84.0 Å². The number of hydrogen-bond donors (Lipinski definition) is 0. The van der Waals surface area contributed by atoms with Crippen molar-refractivity contribution >= 4 is 34.4 Å². The number of hydrogen-bond acceptors (Lipinski definition) is 1. The first-order valence-electron chi connectivity index (χ1n) is 21.7. The van der Waals surface area contributed by atoms with Crippen LogP contribution < -0.4 is 4.90 Å². The fourth-order valence-corrected chi connectivity index (χ4v) is 10.8. The summed E-state index contributed by atoms with van der Waals surface area (Å²) in [4.78, 5) is 2.42. The van der Waals surface area contributed by atoms with E-state index in [1.165, 1.54) is 83.3 Å². The van der Waals surface area contributed by atoms with Gasteiger partial charge in [0.15, 0.2) is 0 Å². The van der Waals surface area contributed by atoms with Gasteiger partial charge in [0, 0.05) is 46.0 Å². The molecule has 58 heavy (non-hydrogen) atoms. The lowest BCUT2D eigenvalue weighted by Crippen LogP contribution is -2.19. The number of aromatic nitrogens is 1. The molecular weight excluding hydrogens is 701 g/mol. The molecule has 11 rings (SSSR count). The standard InChI is InChI=1S/C56H50N2/c1-2-13-39(14-3-1)40-25-32-45(33-26-40)57(46-34-27-43(28-35-46)49-22-12-17-41-15-4-6-18-48(41)49)47-36-29-44(30-37-47)50-19-8-10-23-53(50)58-54-24-11-9-21-52(54)56-51-20-7-5-16-42(51)31-38-55(56)58/h1-8,10,12-15,18,22-23,25-38,41-42,50-51H,9,11,16-17,19-21,24H2. The van der Waals surface area contributed by atoms with E-state index >= 15 is 0 Å². The average Bonchev–Trinajstić information content (AvgIpc) is 3.65. The van der Waals surface area contributed by atoms with Gasteiger partial charge in [-0.15, -0.1) is 0 Å². The molecule has 0 amide bonds. The summed E-state index contributed by atoms with van der Waals surface area (Å²) in [5.74, 6) is 2.01. The van der Waals surface area contributed by atoms with Crippen LogP contribution in [0.3, 0.4) is 0 Å². The number of benzene rings is 4. The van der Waals surface area contributed by atoms with Crippen molar-refractivity contribution < 1.29 is 0 Å². The molecule has 1 heterocycles. The number of allylic oxidation sites excluding steroid dienone is 15. The Balaban J connectivity index is 0.956. The third-order valence-corrected chi connectivity index (χ3v) is 13.6. The minimum atomic E-state index is 0.294. The highest BCUT2D eigenvalue weighted by atomic mass is 15.1. The van der Waals surface area contributed by atoms with Crippen molar-refractivity contribution in [2.45, 2.75) is 63.2 Å². The molecule has 4 unspecified atom stereocenters. The van der Waals surface area contributed by atoms with Crippen molar-refractivity contribution in [3.8, 4) is 11.1 Å². The number of fused-ring (bicyclic) bond motifs is 6. The van der Waals surface area contributed by atoms with E-state index in [1.807, 2.05) is 0 Å². The Morgan fingerprint density at radius 3 is 2.09 bits per heavy atom. The van der Waals surface area contributed by atoms with Crippen LogP contribution in [-0.2, 0) is 12.8 Å². The Labute approximate surface area is 344 Å². The second-order valence-electron chi connectivity index (χ2n) is 16.9. The van der Waals surface area contributed by atoms with Gasteiger partial charge in [0.25, 0.3) is 0 Å². The van der Waals surface area contributed by atoms with Gasteiger partial charge in [-0.2, -0.15) is 0 Å². The SMILES string of the molecule is C1=CCC(c2ccc(N(c3ccc(C4=C5C=CC=CC5CC=C4)cc3)c3ccc(-c4ccccc4)cc3)cc2)C(n2c3c(c4c2CCCC4)C2CC=CCC2C=C3)=C1. The fourth-order valence-electron chi connectivity index (χ4n) is 10.8. The fraction of sp³-hybridized carbons (Fsp3) is 0.214. The minimum absolute atomic E-state index is 0.294. The van der Waals surface area contributed by atoms with E-state index in [9.17, 15) is 0 Å². The summed E-state index contributed by atoms with van der Waals surface area (Å²) in [6.45, 7) is 0. The Kier molecular flexibility index (Phi) is 9.07. The van der Waals surface area contributed by atoms with Crippen LogP contribution in [0.5, 0.6) is 0 Å². The molecule has 0 fully saturated rings. The van der Waals surface area contributed by atoms with Gasteiger partial charge in [-0.25, -0.2) is 0 Å². The summed E-state index contributed by atoms with van der Waals surface area (Å²) in [6, 6.07) is 38.4. The van der Waals surface area contributed by atoms with Gasteiger partial charge in [0.1, 0.15) is 0 Å². The molecule has 4 atom stereocenters. The molecule has 2 nitrogen and oxygen atoms in total. The van der Waals surface area contributed by atoms with E-state index in [-0.39, 0.29) is 0 Å². The molecule has 5 aromatic rings. The molecule has 0 bridgehead atoms. The maximum atomic E-state index is 2.72. The van der Waals surface area contributed by atoms with Crippen molar-refractivity contribution in [2.75, 3.05) is 4.90 Å². The quantitative estimate of drug-likeness (QED) is 0.150. The molecule has 6 aliphatic rings. The largest absolute Gasteiger partial charge is 0.317 e. The third-order valence-electron chi connectivity index (χ3n) is 13.6. The number of rotatable bonds is 7. The highest BCUT2D eigenvalue weighted by Crippen LogP contribution is 2.49. The molecule has 4 aromatic carbocycles. The maximum absolute atomic E-state index is 2.72. The first-order chi connectivity index (χ1) is 28.8. The van der Waals surface area contributed by atoms with Gasteiger partial charge < -0.3 is 9.47 Å². The summed E-state index contributed by atoms with van der Waals surface area (Å²) >= 11 is 0. The van der Waals surface area contributed by atoms with Gasteiger partial charge >= 0.3 is 0 Å². The lowest BCUT2D eigenvalue weighted by Gasteiger charge is -2.32. The molecule has 1 aromatic heterocycles. The van der Waals surface area contributed by atoms with Crippen LogP contribution in [0.2, 0.25) is 0 Å². The first-order valence-corrected chi connectivity index (χ1v) is 21.7. The molecule has 2 heteroatoms. The monoisotopic (exact) mass is 750 g/mol. The van der Waals surface area contributed by atoms with Crippen molar-refractivity contribution in [3.05, 3.63) is 215 Å². The Hall–Kier alpha value is -6.12. The Morgan fingerprint density at radius 2 is 1.28 bits per heavy atom. The van der Waals surface area contributed by atoms with Crippen molar-refractivity contribution in [3.63, 3.8) is 0 Å². The van der Waals surface area contributed by atoms with Gasteiger partial charge in [0.2, 0.25) is 0 Å². The predicted octanol–water partition coefficient (Wildman–Crippen LogP) is 14.6.